The average molecular weight is 262 g/mol. The number of hydrogen-bond acceptors (Lipinski definition) is 3. The van der Waals surface area contributed by atoms with Crippen LogP contribution in [0.2, 0.25) is 0 Å². The lowest BCUT2D eigenvalue weighted by atomic mass is 10.1. The van der Waals surface area contributed by atoms with Crippen molar-refractivity contribution in [1.29, 1.82) is 0 Å². The molecular formula is C13H11FN2O3. The molecule has 0 fully saturated rings. The van der Waals surface area contributed by atoms with Crippen molar-refractivity contribution in [2.24, 2.45) is 0 Å². The van der Waals surface area contributed by atoms with Crippen molar-refractivity contribution in [2.75, 3.05) is 0 Å². The van der Waals surface area contributed by atoms with E-state index in [1.807, 2.05) is 0 Å². The number of hydrogen-bond donors (Lipinski definition) is 1. The number of aromatic nitrogens is 2. The maximum Gasteiger partial charge on any atom is 0.338 e. The molecule has 0 aliphatic heterocycles. The van der Waals surface area contributed by atoms with Crippen LogP contribution in [-0.2, 0) is 0 Å². The number of carbonyl (C=O) groups is 1. The minimum atomic E-state index is -1.20. The molecule has 0 saturated carbocycles. The number of aryl methyl sites for hydroxylation is 1. The minimum Gasteiger partial charge on any atom is -0.478 e. The quantitative estimate of drug-likeness (QED) is 0.893. The lowest BCUT2D eigenvalue weighted by Crippen LogP contribution is -2.27. The van der Waals surface area contributed by atoms with Crippen molar-refractivity contribution in [3.05, 3.63) is 57.3 Å². The molecule has 1 aromatic heterocycles. The van der Waals surface area contributed by atoms with Crippen molar-refractivity contribution in [3.8, 4) is 5.69 Å². The van der Waals surface area contributed by atoms with E-state index in [2.05, 4.69) is 5.10 Å². The third-order valence-electron chi connectivity index (χ3n) is 2.77. The number of benzene rings is 1. The van der Waals surface area contributed by atoms with E-state index in [1.54, 1.807) is 0 Å². The van der Waals surface area contributed by atoms with Gasteiger partial charge in [0.2, 0.25) is 0 Å². The SMILES string of the molecule is Cc1nn(-c2cccc(F)c2)c(=O)c(C)c1C(=O)O. The van der Waals surface area contributed by atoms with Crippen LogP contribution in [0.15, 0.2) is 29.1 Å². The fourth-order valence-electron chi connectivity index (χ4n) is 1.88. The van der Waals surface area contributed by atoms with E-state index in [-0.39, 0.29) is 22.5 Å². The molecule has 0 spiro atoms. The number of carboxylic acid groups (broad SMARTS) is 1. The zero-order chi connectivity index (χ0) is 14.2. The summed E-state index contributed by atoms with van der Waals surface area (Å²) in [5.74, 6) is -1.70. The van der Waals surface area contributed by atoms with Gasteiger partial charge in [-0.3, -0.25) is 4.79 Å². The van der Waals surface area contributed by atoms with Gasteiger partial charge in [0.05, 0.1) is 16.9 Å². The molecule has 2 rings (SSSR count). The molecule has 0 saturated heterocycles. The van der Waals surface area contributed by atoms with Gasteiger partial charge in [0.15, 0.2) is 0 Å². The summed E-state index contributed by atoms with van der Waals surface area (Å²) in [5, 5.41) is 13.0. The normalized spacial score (nSPS) is 10.5. The number of carboxylic acids is 1. The Hall–Kier alpha value is -2.50. The van der Waals surface area contributed by atoms with Gasteiger partial charge in [-0.05, 0) is 32.0 Å². The molecule has 1 N–H and O–H groups in total. The Morgan fingerprint density at radius 3 is 2.63 bits per heavy atom. The Morgan fingerprint density at radius 1 is 1.37 bits per heavy atom. The first-order chi connectivity index (χ1) is 8.91. The topological polar surface area (TPSA) is 72.2 Å². The van der Waals surface area contributed by atoms with Gasteiger partial charge in [0.25, 0.3) is 5.56 Å². The van der Waals surface area contributed by atoms with Crippen LogP contribution in [0.3, 0.4) is 0 Å². The molecule has 0 radical (unpaired) electrons. The molecule has 2 aromatic rings. The summed E-state index contributed by atoms with van der Waals surface area (Å²) in [6, 6.07) is 5.39. The zero-order valence-corrected chi connectivity index (χ0v) is 10.3. The monoisotopic (exact) mass is 262 g/mol. The van der Waals surface area contributed by atoms with Crippen molar-refractivity contribution >= 4 is 5.97 Å². The van der Waals surface area contributed by atoms with E-state index in [9.17, 15) is 14.0 Å². The maximum atomic E-state index is 13.2. The molecule has 5 nitrogen and oxygen atoms in total. The summed E-state index contributed by atoms with van der Waals surface area (Å²) >= 11 is 0. The number of rotatable bonds is 2. The summed E-state index contributed by atoms with van der Waals surface area (Å²) in [4.78, 5) is 23.1. The van der Waals surface area contributed by atoms with Crippen molar-refractivity contribution in [2.45, 2.75) is 13.8 Å². The smallest absolute Gasteiger partial charge is 0.338 e. The first-order valence-electron chi connectivity index (χ1n) is 5.51. The third kappa shape index (κ3) is 2.24. The second-order valence-corrected chi connectivity index (χ2v) is 4.09. The first kappa shape index (κ1) is 12.9. The molecule has 0 bridgehead atoms. The fraction of sp³-hybridized carbons (Fsp3) is 0.154. The predicted octanol–water partition coefficient (Wildman–Crippen LogP) is 1.69. The highest BCUT2D eigenvalue weighted by Crippen LogP contribution is 2.11. The molecule has 6 heteroatoms. The van der Waals surface area contributed by atoms with Gasteiger partial charge in [-0.25, -0.2) is 9.18 Å². The molecular weight excluding hydrogens is 251 g/mol. The van der Waals surface area contributed by atoms with E-state index in [0.29, 0.717) is 0 Å². The molecule has 19 heavy (non-hydrogen) atoms. The van der Waals surface area contributed by atoms with E-state index in [0.717, 1.165) is 10.7 Å². The molecule has 0 unspecified atom stereocenters. The van der Waals surface area contributed by atoms with Crippen LogP contribution in [0.25, 0.3) is 5.69 Å². The van der Waals surface area contributed by atoms with Gasteiger partial charge < -0.3 is 5.11 Å². The van der Waals surface area contributed by atoms with E-state index < -0.39 is 17.3 Å². The standard InChI is InChI=1S/C13H11FN2O3/c1-7-11(13(18)19)8(2)15-16(12(7)17)10-5-3-4-9(14)6-10/h3-6H,1-2H3,(H,18,19). The molecule has 1 aromatic carbocycles. The van der Waals surface area contributed by atoms with Gasteiger partial charge in [-0.15, -0.1) is 0 Å². The molecule has 0 aliphatic carbocycles. The second kappa shape index (κ2) is 4.64. The third-order valence-corrected chi connectivity index (χ3v) is 2.77. The van der Waals surface area contributed by atoms with Crippen molar-refractivity contribution < 1.29 is 14.3 Å². The van der Waals surface area contributed by atoms with Crippen molar-refractivity contribution in [1.82, 2.24) is 9.78 Å². The fourth-order valence-corrected chi connectivity index (χ4v) is 1.88. The first-order valence-corrected chi connectivity index (χ1v) is 5.51. The minimum absolute atomic E-state index is 0.0734. The summed E-state index contributed by atoms with van der Waals surface area (Å²) in [6.45, 7) is 2.90. The summed E-state index contributed by atoms with van der Waals surface area (Å²) in [5.41, 5.74) is -0.155. The van der Waals surface area contributed by atoms with Crippen LogP contribution in [-0.4, -0.2) is 20.9 Å². The highest BCUT2D eigenvalue weighted by Gasteiger charge is 2.17. The van der Waals surface area contributed by atoms with Gasteiger partial charge >= 0.3 is 5.97 Å². The lowest BCUT2D eigenvalue weighted by Gasteiger charge is -2.10. The average Bonchev–Trinajstić information content (AvgIpc) is 2.33. The highest BCUT2D eigenvalue weighted by atomic mass is 19.1. The Balaban J connectivity index is 2.74. The van der Waals surface area contributed by atoms with Crippen LogP contribution < -0.4 is 5.56 Å². The second-order valence-electron chi connectivity index (χ2n) is 4.09. The zero-order valence-electron chi connectivity index (χ0n) is 10.3. The van der Waals surface area contributed by atoms with Gasteiger partial charge in [-0.2, -0.15) is 9.78 Å². The number of aromatic carboxylic acids is 1. The number of halogens is 1. The van der Waals surface area contributed by atoms with E-state index in [1.165, 1.54) is 32.0 Å². The number of nitrogens with zero attached hydrogens (tertiary/aromatic N) is 2. The van der Waals surface area contributed by atoms with Crippen LogP contribution in [0.5, 0.6) is 0 Å². The lowest BCUT2D eigenvalue weighted by molar-refractivity contribution is 0.0694. The maximum absolute atomic E-state index is 13.2. The van der Waals surface area contributed by atoms with Crippen LogP contribution in [0.4, 0.5) is 4.39 Å². The molecule has 0 amide bonds. The predicted molar refractivity (Wildman–Crippen MR) is 66.2 cm³/mol. The molecule has 98 valence electrons. The highest BCUT2D eigenvalue weighted by molar-refractivity contribution is 5.90. The Morgan fingerprint density at radius 2 is 2.05 bits per heavy atom. The largest absolute Gasteiger partial charge is 0.478 e. The van der Waals surface area contributed by atoms with Crippen LogP contribution in [0, 0.1) is 19.7 Å². The van der Waals surface area contributed by atoms with E-state index in [4.69, 9.17) is 5.11 Å². The molecule has 0 atom stereocenters. The Kier molecular flexibility index (Phi) is 3.16. The summed E-state index contributed by atoms with van der Waals surface area (Å²) in [7, 11) is 0. The van der Waals surface area contributed by atoms with Crippen LogP contribution >= 0.6 is 0 Å². The van der Waals surface area contributed by atoms with Gasteiger partial charge in [0.1, 0.15) is 5.82 Å². The summed E-state index contributed by atoms with van der Waals surface area (Å²) in [6.07, 6.45) is 0. The molecule has 1 heterocycles. The molecule has 0 aliphatic rings. The Labute approximate surface area is 107 Å². The summed E-state index contributed by atoms with van der Waals surface area (Å²) < 4.78 is 14.2. The van der Waals surface area contributed by atoms with Gasteiger partial charge in [0, 0.05) is 5.56 Å². The van der Waals surface area contributed by atoms with Crippen LogP contribution in [0.1, 0.15) is 21.6 Å². The Bertz CT molecular complexity index is 722. The van der Waals surface area contributed by atoms with Crippen molar-refractivity contribution in [3.63, 3.8) is 0 Å². The van der Waals surface area contributed by atoms with Gasteiger partial charge in [-0.1, -0.05) is 6.07 Å². The van der Waals surface area contributed by atoms with E-state index >= 15 is 0 Å².